The SMILES string of the molecule is COC1=CC=C2C3Cc4ccc(C)c5c4C2(CCN3C)[C@H]1O5. The van der Waals surface area contributed by atoms with Crippen molar-refractivity contribution in [3.8, 4) is 5.75 Å². The number of aryl methyl sites for hydroxylation is 1. The summed E-state index contributed by atoms with van der Waals surface area (Å²) in [7, 11) is 4.01. The van der Waals surface area contributed by atoms with Crippen LogP contribution in [0.5, 0.6) is 5.75 Å². The van der Waals surface area contributed by atoms with E-state index >= 15 is 0 Å². The zero-order valence-corrected chi connectivity index (χ0v) is 13.3. The minimum absolute atomic E-state index is 0.00616. The molecule has 0 N–H and O–H groups in total. The predicted molar refractivity (Wildman–Crippen MR) is 85.2 cm³/mol. The molecular weight excluding hydrogens is 274 g/mol. The Labute approximate surface area is 131 Å². The molecule has 0 radical (unpaired) electrons. The van der Waals surface area contributed by atoms with Gasteiger partial charge >= 0.3 is 0 Å². The summed E-state index contributed by atoms with van der Waals surface area (Å²) < 4.78 is 12.2. The highest BCUT2D eigenvalue weighted by Gasteiger charge is 2.61. The van der Waals surface area contributed by atoms with Crippen molar-refractivity contribution in [1.82, 2.24) is 4.90 Å². The summed E-state index contributed by atoms with van der Waals surface area (Å²) >= 11 is 0. The summed E-state index contributed by atoms with van der Waals surface area (Å²) in [4.78, 5) is 2.50. The maximum Gasteiger partial charge on any atom is 0.169 e. The minimum Gasteiger partial charge on any atom is -0.497 e. The molecule has 3 nitrogen and oxygen atoms in total. The van der Waals surface area contributed by atoms with Gasteiger partial charge in [-0.1, -0.05) is 18.2 Å². The first-order chi connectivity index (χ1) is 10.7. The molecule has 0 amide bonds. The van der Waals surface area contributed by atoms with Gasteiger partial charge in [-0.05, 0) is 56.1 Å². The first-order valence-electron chi connectivity index (χ1n) is 8.13. The van der Waals surface area contributed by atoms with Gasteiger partial charge in [0.15, 0.2) is 6.10 Å². The van der Waals surface area contributed by atoms with Crippen LogP contribution in [0.3, 0.4) is 0 Å². The smallest absolute Gasteiger partial charge is 0.169 e. The van der Waals surface area contributed by atoms with E-state index in [2.05, 4.69) is 43.2 Å². The molecule has 1 spiro atoms. The standard InChI is InChI=1S/C19H21NO2/c1-11-4-5-12-10-14-13-6-7-15(21-3)18-19(13,8-9-20(14)2)16(12)17(11)22-18/h4-7,14,18H,8-10H2,1-3H3/t14?,18-,19?/m0/s1. The number of hydrogen-bond donors (Lipinski definition) is 0. The lowest BCUT2D eigenvalue weighted by Crippen LogP contribution is -2.58. The second-order valence-corrected chi connectivity index (χ2v) is 7.06. The third kappa shape index (κ3) is 1.24. The van der Waals surface area contributed by atoms with Crippen molar-refractivity contribution in [3.63, 3.8) is 0 Å². The van der Waals surface area contributed by atoms with Gasteiger partial charge in [0.2, 0.25) is 0 Å². The highest BCUT2D eigenvalue weighted by atomic mass is 16.5. The van der Waals surface area contributed by atoms with Gasteiger partial charge in [0.25, 0.3) is 0 Å². The minimum atomic E-state index is 0.00616. The summed E-state index contributed by atoms with van der Waals surface area (Å²) in [5.41, 5.74) is 5.70. The Morgan fingerprint density at radius 3 is 3.00 bits per heavy atom. The lowest BCUT2D eigenvalue weighted by Gasteiger charge is -2.52. The van der Waals surface area contributed by atoms with Crippen molar-refractivity contribution >= 4 is 0 Å². The Balaban J connectivity index is 1.86. The van der Waals surface area contributed by atoms with E-state index < -0.39 is 0 Å². The number of likely N-dealkylation sites (tertiary alicyclic amines) is 1. The zero-order chi connectivity index (χ0) is 15.1. The van der Waals surface area contributed by atoms with Gasteiger partial charge in [-0.25, -0.2) is 0 Å². The van der Waals surface area contributed by atoms with Gasteiger partial charge in [0.1, 0.15) is 11.5 Å². The Morgan fingerprint density at radius 2 is 2.18 bits per heavy atom. The third-order valence-corrected chi connectivity index (χ3v) is 6.17. The average molecular weight is 295 g/mol. The highest BCUT2D eigenvalue weighted by molar-refractivity contribution is 5.65. The molecule has 22 heavy (non-hydrogen) atoms. The fourth-order valence-corrected chi connectivity index (χ4v) is 5.10. The Bertz CT molecular complexity index is 748. The van der Waals surface area contributed by atoms with Crippen LogP contribution in [-0.4, -0.2) is 37.7 Å². The molecule has 1 saturated heterocycles. The van der Waals surface area contributed by atoms with E-state index in [0.29, 0.717) is 6.04 Å². The van der Waals surface area contributed by atoms with E-state index in [-0.39, 0.29) is 11.5 Å². The van der Waals surface area contributed by atoms with Crippen LogP contribution < -0.4 is 4.74 Å². The van der Waals surface area contributed by atoms with Gasteiger partial charge in [0, 0.05) is 11.6 Å². The van der Waals surface area contributed by atoms with Crippen molar-refractivity contribution < 1.29 is 9.47 Å². The number of likely N-dealkylation sites (N-methyl/N-ethyl adjacent to an activating group) is 1. The van der Waals surface area contributed by atoms with Crippen molar-refractivity contribution in [3.05, 3.63) is 52.3 Å². The van der Waals surface area contributed by atoms with Gasteiger partial charge in [-0.3, -0.25) is 4.90 Å². The maximum atomic E-state index is 6.50. The molecule has 2 unspecified atom stereocenters. The van der Waals surface area contributed by atoms with E-state index in [1.54, 1.807) is 7.11 Å². The number of piperidine rings is 1. The second-order valence-electron chi connectivity index (χ2n) is 7.06. The fourth-order valence-electron chi connectivity index (χ4n) is 5.10. The monoisotopic (exact) mass is 295 g/mol. The van der Waals surface area contributed by atoms with Crippen LogP contribution in [0.25, 0.3) is 0 Å². The summed E-state index contributed by atoms with van der Waals surface area (Å²) in [5, 5.41) is 0. The molecule has 114 valence electrons. The number of methoxy groups -OCH3 is 1. The van der Waals surface area contributed by atoms with Gasteiger partial charge < -0.3 is 9.47 Å². The van der Waals surface area contributed by atoms with E-state index in [4.69, 9.17) is 9.47 Å². The molecule has 1 aromatic rings. The largest absolute Gasteiger partial charge is 0.497 e. The number of benzene rings is 1. The quantitative estimate of drug-likeness (QED) is 0.795. The Morgan fingerprint density at radius 1 is 1.32 bits per heavy atom. The van der Waals surface area contributed by atoms with Crippen LogP contribution in [0.2, 0.25) is 0 Å². The van der Waals surface area contributed by atoms with Crippen LogP contribution in [0.1, 0.15) is 23.1 Å². The van der Waals surface area contributed by atoms with E-state index in [9.17, 15) is 0 Å². The Kier molecular flexibility index (Phi) is 2.30. The number of hydrogen-bond acceptors (Lipinski definition) is 3. The van der Waals surface area contributed by atoms with E-state index in [1.807, 2.05) is 0 Å². The number of rotatable bonds is 1. The molecule has 0 aromatic heterocycles. The topological polar surface area (TPSA) is 21.7 Å². The second kappa shape index (κ2) is 3.96. The molecule has 2 bridgehead atoms. The number of ether oxygens (including phenoxy) is 2. The zero-order valence-electron chi connectivity index (χ0n) is 13.3. The van der Waals surface area contributed by atoms with Crippen LogP contribution >= 0.6 is 0 Å². The van der Waals surface area contributed by atoms with Gasteiger partial charge in [0.05, 0.1) is 12.5 Å². The van der Waals surface area contributed by atoms with E-state index in [1.165, 1.54) is 22.3 Å². The van der Waals surface area contributed by atoms with Crippen molar-refractivity contribution in [2.45, 2.75) is 37.3 Å². The Hall–Kier alpha value is -1.74. The molecule has 4 aliphatic rings. The summed E-state index contributed by atoms with van der Waals surface area (Å²) in [6.07, 6.45) is 6.65. The predicted octanol–water partition coefficient (Wildman–Crippen LogP) is 2.72. The molecule has 2 heterocycles. The summed E-state index contributed by atoms with van der Waals surface area (Å²) in [5.74, 6) is 2.08. The molecule has 1 aromatic carbocycles. The van der Waals surface area contributed by atoms with Crippen LogP contribution in [-0.2, 0) is 16.6 Å². The maximum absolute atomic E-state index is 6.50. The van der Waals surface area contributed by atoms with Crippen LogP contribution in [0, 0.1) is 6.92 Å². The van der Waals surface area contributed by atoms with Gasteiger partial charge in [-0.15, -0.1) is 0 Å². The number of nitrogens with zero attached hydrogens (tertiary/aromatic N) is 1. The van der Waals surface area contributed by atoms with Crippen molar-refractivity contribution in [2.24, 2.45) is 0 Å². The molecule has 0 saturated carbocycles. The first-order valence-corrected chi connectivity index (χ1v) is 8.13. The summed E-state index contributed by atoms with van der Waals surface area (Å²) in [6.45, 7) is 3.27. The molecule has 1 fully saturated rings. The molecule has 5 rings (SSSR count). The molecule has 3 heteroatoms. The first kappa shape index (κ1) is 12.8. The molecule has 2 aliphatic carbocycles. The lowest BCUT2D eigenvalue weighted by atomic mass is 9.57. The van der Waals surface area contributed by atoms with Crippen LogP contribution in [0.4, 0.5) is 0 Å². The van der Waals surface area contributed by atoms with Crippen LogP contribution in [0.15, 0.2) is 35.6 Å². The number of allylic oxidation sites excluding steroid dienone is 2. The van der Waals surface area contributed by atoms with Crippen molar-refractivity contribution in [2.75, 3.05) is 20.7 Å². The molecular formula is C19H21NO2. The van der Waals surface area contributed by atoms with Crippen molar-refractivity contribution in [1.29, 1.82) is 0 Å². The molecule has 2 aliphatic heterocycles. The average Bonchev–Trinajstić information content (AvgIpc) is 2.88. The normalized spacial score (nSPS) is 34.5. The highest BCUT2D eigenvalue weighted by Crippen LogP contribution is 2.61. The fraction of sp³-hybridized carbons (Fsp3) is 0.474. The van der Waals surface area contributed by atoms with E-state index in [0.717, 1.165) is 30.9 Å². The summed E-state index contributed by atoms with van der Waals surface area (Å²) in [6, 6.07) is 5.02. The van der Waals surface area contributed by atoms with Gasteiger partial charge in [-0.2, -0.15) is 0 Å². The third-order valence-electron chi connectivity index (χ3n) is 6.17. The molecule has 3 atom stereocenters. The lowest BCUT2D eigenvalue weighted by molar-refractivity contribution is 0.0741.